The standard InChI is InChI=1S/C7H7NO2/c1-5-2-7(10-4-5)6(9)3-8/h2,4,6,9H,1H3. The molecule has 0 saturated carbocycles. The van der Waals surface area contributed by atoms with Crippen LogP contribution in [0.2, 0.25) is 0 Å². The zero-order chi connectivity index (χ0) is 7.56. The first-order chi connectivity index (χ1) is 4.74. The third-order valence-electron chi connectivity index (χ3n) is 1.14. The molecule has 0 aliphatic carbocycles. The molecule has 0 radical (unpaired) electrons. The summed E-state index contributed by atoms with van der Waals surface area (Å²) in [7, 11) is 0. The predicted molar refractivity (Wildman–Crippen MR) is 34.0 cm³/mol. The Balaban J connectivity index is 2.87. The lowest BCUT2D eigenvalue weighted by Crippen LogP contribution is -1.88. The summed E-state index contributed by atoms with van der Waals surface area (Å²) in [5.41, 5.74) is 0.907. The van der Waals surface area contributed by atoms with Crippen molar-refractivity contribution in [1.82, 2.24) is 0 Å². The van der Waals surface area contributed by atoms with Crippen molar-refractivity contribution < 1.29 is 9.52 Å². The van der Waals surface area contributed by atoms with Gasteiger partial charge in [-0.05, 0) is 18.6 Å². The Bertz CT molecular complexity index is 259. The van der Waals surface area contributed by atoms with Crippen molar-refractivity contribution in [3.05, 3.63) is 23.7 Å². The van der Waals surface area contributed by atoms with E-state index in [0.29, 0.717) is 5.76 Å². The summed E-state index contributed by atoms with van der Waals surface area (Å²) < 4.78 is 4.84. The third-order valence-corrected chi connectivity index (χ3v) is 1.14. The molecule has 1 aromatic heterocycles. The number of rotatable bonds is 1. The Morgan fingerprint density at radius 1 is 1.80 bits per heavy atom. The minimum absolute atomic E-state index is 0.306. The number of hydrogen-bond donors (Lipinski definition) is 1. The monoisotopic (exact) mass is 137 g/mol. The molecule has 0 saturated heterocycles. The molecule has 0 aromatic carbocycles. The van der Waals surface area contributed by atoms with Crippen LogP contribution < -0.4 is 0 Å². The van der Waals surface area contributed by atoms with E-state index in [1.54, 1.807) is 12.1 Å². The molecule has 1 N–H and O–H groups in total. The minimum atomic E-state index is -1.13. The number of aliphatic hydroxyl groups is 1. The third kappa shape index (κ3) is 1.17. The first kappa shape index (κ1) is 6.84. The van der Waals surface area contributed by atoms with Crippen molar-refractivity contribution in [2.24, 2.45) is 0 Å². The fourth-order valence-electron chi connectivity index (χ4n) is 0.660. The zero-order valence-electron chi connectivity index (χ0n) is 5.53. The van der Waals surface area contributed by atoms with E-state index in [2.05, 4.69) is 0 Å². The fraction of sp³-hybridized carbons (Fsp3) is 0.286. The maximum Gasteiger partial charge on any atom is 0.198 e. The van der Waals surface area contributed by atoms with Gasteiger partial charge < -0.3 is 9.52 Å². The molecule has 1 atom stereocenters. The fourth-order valence-corrected chi connectivity index (χ4v) is 0.660. The molecule has 1 heterocycles. The average molecular weight is 137 g/mol. The van der Waals surface area contributed by atoms with Gasteiger partial charge in [0.15, 0.2) is 6.10 Å². The van der Waals surface area contributed by atoms with Crippen molar-refractivity contribution in [1.29, 1.82) is 5.26 Å². The molecule has 0 amide bonds. The first-order valence-electron chi connectivity index (χ1n) is 2.87. The number of nitriles is 1. The molecule has 10 heavy (non-hydrogen) atoms. The molecule has 1 unspecified atom stereocenters. The molecule has 0 spiro atoms. The van der Waals surface area contributed by atoms with Crippen LogP contribution in [-0.2, 0) is 0 Å². The molecule has 52 valence electrons. The van der Waals surface area contributed by atoms with Crippen molar-refractivity contribution in [3.8, 4) is 6.07 Å². The van der Waals surface area contributed by atoms with Crippen molar-refractivity contribution in [3.63, 3.8) is 0 Å². The molecule has 1 aromatic rings. The van der Waals surface area contributed by atoms with Crippen LogP contribution in [0.1, 0.15) is 17.4 Å². The molecule has 0 aliphatic rings. The van der Waals surface area contributed by atoms with Crippen LogP contribution in [0.15, 0.2) is 16.7 Å². The number of furan rings is 1. The van der Waals surface area contributed by atoms with Crippen LogP contribution >= 0.6 is 0 Å². The summed E-state index contributed by atoms with van der Waals surface area (Å²) in [4.78, 5) is 0. The average Bonchev–Trinajstić information content (AvgIpc) is 2.34. The van der Waals surface area contributed by atoms with Gasteiger partial charge in [0.1, 0.15) is 11.8 Å². The van der Waals surface area contributed by atoms with Gasteiger partial charge in [-0.3, -0.25) is 0 Å². The topological polar surface area (TPSA) is 57.2 Å². The minimum Gasteiger partial charge on any atom is -0.465 e. The van der Waals surface area contributed by atoms with Crippen molar-refractivity contribution >= 4 is 0 Å². The van der Waals surface area contributed by atoms with Crippen molar-refractivity contribution in [2.45, 2.75) is 13.0 Å². The van der Waals surface area contributed by atoms with Gasteiger partial charge in [-0.25, -0.2) is 0 Å². The number of aliphatic hydroxyl groups excluding tert-OH is 1. The number of hydrogen-bond acceptors (Lipinski definition) is 3. The maximum absolute atomic E-state index is 8.89. The maximum atomic E-state index is 8.89. The van der Waals surface area contributed by atoms with Gasteiger partial charge in [0.2, 0.25) is 0 Å². The van der Waals surface area contributed by atoms with Crippen LogP contribution in [0, 0.1) is 18.3 Å². The summed E-state index contributed by atoms with van der Waals surface area (Å²) in [6.07, 6.45) is 0.365. The molecule has 3 heteroatoms. The van der Waals surface area contributed by atoms with E-state index >= 15 is 0 Å². The normalized spacial score (nSPS) is 12.5. The molecular formula is C7H7NO2. The summed E-state index contributed by atoms with van der Waals surface area (Å²) in [5, 5.41) is 17.1. The highest BCUT2D eigenvalue weighted by atomic mass is 16.4. The van der Waals surface area contributed by atoms with E-state index < -0.39 is 6.10 Å². The molecular weight excluding hydrogens is 130 g/mol. The van der Waals surface area contributed by atoms with Gasteiger partial charge >= 0.3 is 0 Å². The molecule has 3 nitrogen and oxygen atoms in total. The molecule has 0 aliphatic heterocycles. The van der Waals surface area contributed by atoms with E-state index in [1.165, 1.54) is 6.26 Å². The lowest BCUT2D eigenvalue weighted by molar-refractivity contribution is 0.204. The Hall–Kier alpha value is -1.27. The molecule has 0 bridgehead atoms. The van der Waals surface area contributed by atoms with E-state index in [0.717, 1.165) is 5.56 Å². The highest BCUT2D eigenvalue weighted by Crippen LogP contribution is 2.14. The SMILES string of the molecule is Cc1coc(C(O)C#N)c1. The Morgan fingerprint density at radius 3 is 2.90 bits per heavy atom. The second-order valence-corrected chi connectivity index (χ2v) is 2.06. The first-order valence-corrected chi connectivity index (χ1v) is 2.87. The van der Waals surface area contributed by atoms with Gasteiger partial charge in [0, 0.05) is 0 Å². The highest BCUT2D eigenvalue weighted by Gasteiger charge is 2.08. The number of aryl methyl sites for hydroxylation is 1. The van der Waals surface area contributed by atoms with Gasteiger partial charge in [-0.2, -0.15) is 5.26 Å². The lowest BCUT2D eigenvalue weighted by atomic mass is 10.2. The van der Waals surface area contributed by atoms with Gasteiger partial charge in [0.05, 0.1) is 6.26 Å². The summed E-state index contributed by atoms with van der Waals surface area (Å²) in [6.45, 7) is 1.83. The van der Waals surface area contributed by atoms with Gasteiger partial charge in [-0.1, -0.05) is 0 Å². The second kappa shape index (κ2) is 2.54. The summed E-state index contributed by atoms with van der Waals surface area (Å²) in [5.74, 6) is 0.306. The number of nitrogens with zero attached hydrogens (tertiary/aromatic N) is 1. The van der Waals surface area contributed by atoms with Crippen LogP contribution in [0.25, 0.3) is 0 Å². The molecule has 1 rings (SSSR count). The van der Waals surface area contributed by atoms with E-state index in [4.69, 9.17) is 14.8 Å². The summed E-state index contributed by atoms with van der Waals surface area (Å²) >= 11 is 0. The van der Waals surface area contributed by atoms with Crippen LogP contribution in [0.3, 0.4) is 0 Å². The second-order valence-electron chi connectivity index (χ2n) is 2.06. The van der Waals surface area contributed by atoms with E-state index in [9.17, 15) is 0 Å². The smallest absolute Gasteiger partial charge is 0.198 e. The highest BCUT2D eigenvalue weighted by molar-refractivity contribution is 5.16. The quantitative estimate of drug-likeness (QED) is 0.590. The van der Waals surface area contributed by atoms with Crippen LogP contribution in [-0.4, -0.2) is 5.11 Å². The van der Waals surface area contributed by atoms with E-state index in [1.807, 2.05) is 6.92 Å². The van der Waals surface area contributed by atoms with Gasteiger partial charge in [-0.15, -0.1) is 0 Å². The van der Waals surface area contributed by atoms with E-state index in [-0.39, 0.29) is 0 Å². The van der Waals surface area contributed by atoms with Crippen LogP contribution in [0.4, 0.5) is 0 Å². The molecule has 0 fully saturated rings. The lowest BCUT2D eigenvalue weighted by Gasteiger charge is -1.91. The van der Waals surface area contributed by atoms with Crippen molar-refractivity contribution in [2.75, 3.05) is 0 Å². The van der Waals surface area contributed by atoms with Crippen LogP contribution in [0.5, 0.6) is 0 Å². The Morgan fingerprint density at radius 2 is 2.50 bits per heavy atom. The Kier molecular flexibility index (Phi) is 1.74. The summed E-state index contributed by atoms with van der Waals surface area (Å²) in [6, 6.07) is 3.29. The predicted octanol–water partition coefficient (Wildman–Crippen LogP) is 1.14. The Labute approximate surface area is 58.5 Å². The van der Waals surface area contributed by atoms with Gasteiger partial charge in [0.25, 0.3) is 0 Å². The largest absolute Gasteiger partial charge is 0.465 e. The zero-order valence-corrected chi connectivity index (χ0v) is 5.53.